The molecule has 1 aliphatic carbocycles. The Hall–Kier alpha value is -2.71. The molecule has 0 saturated carbocycles. The molecule has 0 amide bonds. The van der Waals surface area contributed by atoms with E-state index in [1.54, 1.807) is 0 Å². The van der Waals surface area contributed by atoms with Crippen molar-refractivity contribution in [2.45, 2.75) is 51.1 Å². The minimum atomic E-state index is -0.250. The highest BCUT2D eigenvalue weighted by Gasteiger charge is 2.26. The highest BCUT2D eigenvalue weighted by atomic mass is 16.5. The maximum atomic E-state index is 8.36. The van der Waals surface area contributed by atoms with Gasteiger partial charge in [-0.25, -0.2) is 0 Å². The van der Waals surface area contributed by atoms with Crippen molar-refractivity contribution in [3.05, 3.63) is 52.9 Å². The number of fused-ring (bicyclic) bond motifs is 1. The predicted octanol–water partition coefficient (Wildman–Crippen LogP) is 2.36. The molecular weight excluding hydrogens is 386 g/mol. The van der Waals surface area contributed by atoms with Crippen LogP contribution >= 0.6 is 0 Å². The number of carboxylic acid groups (broad SMARTS) is 2. The van der Waals surface area contributed by atoms with Crippen LogP contribution < -0.4 is 5.32 Å². The summed E-state index contributed by atoms with van der Waals surface area (Å²) in [5.41, 5.74) is 3.97. The van der Waals surface area contributed by atoms with E-state index in [4.69, 9.17) is 24.3 Å². The fourth-order valence-corrected chi connectivity index (χ4v) is 3.98. The molecular formula is C22H31N3O5. The maximum absolute atomic E-state index is 8.36. The van der Waals surface area contributed by atoms with Crippen LogP contribution in [0.5, 0.6) is 0 Å². The minimum Gasteiger partial charge on any atom is -0.483 e. The number of likely N-dealkylation sites (tertiary alicyclic amines) is 1. The number of benzene rings is 1. The molecule has 1 unspecified atom stereocenters. The Labute approximate surface area is 176 Å². The number of nitrogens with one attached hydrogen (secondary N) is 1. The van der Waals surface area contributed by atoms with Gasteiger partial charge in [-0.05, 0) is 57.3 Å². The van der Waals surface area contributed by atoms with Gasteiger partial charge in [-0.1, -0.05) is 35.5 Å². The molecule has 4 rings (SSSR count). The number of nitrogens with zero attached hydrogens (tertiary/aromatic N) is 2. The lowest BCUT2D eigenvalue weighted by atomic mass is 9.92. The van der Waals surface area contributed by atoms with Gasteiger partial charge < -0.3 is 20.1 Å². The zero-order valence-corrected chi connectivity index (χ0v) is 17.2. The predicted molar refractivity (Wildman–Crippen MR) is 112 cm³/mol. The van der Waals surface area contributed by atoms with E-state index in [9.17, 15) is 0 Å². The largest absolute Gasteiger partial charge is 0.483 e. The van der Waals surface area contributed by atoms with E-state index in [0.717, 1.165) is 44.5 Å². The third-order valence-corrected chi connectivity index (χ3v) is 5.38. The van der Waals surface area contributed by atoms with Crippen LogP contribution in [0, 0.1) is 0 Å². The van der Waals surface area contributed by atoms with Gasteiger partial charge in [0, 0.05) is 24.6 Å². The summed E-state index contributed by atoms with van der Waals surface area (Å²) in [6.07, 6.45) is 6.98. The van der Waals surface area contributed by atoms with Crippen LogP contribution in [0.4, 0.5) is 0 Å². The van der Waals surface area contributed by atoms with E-state index in [1.807, 2.05) is 0 Å². The lowest BCUT2D eigenvalue weighted by Gasteiger charge is -2.23. The molecule has 1 aromatic heterocycles. The Kier molecular flexibility index (Phi) is 10.6. The monoisotopic (exact) mass is 417 g/mol. The Morgan fingerprint density at radius 1 is 1.13 bits per heavy atom. The van der Waals surface area contributed by atoms with Crippen molar-refractivity contribution >= 4 is 12.9 Å². The molecule has 3 N–H and O–H groups in total. The van der Waals surface area contributed by atoms with Crippen molar-refractivity contribution in [3.8, 4) is 0 Å². The Morgan fingerprint density at radius 3 is 2.47 bits per heavy atom. The zero-order chi connectivity index (χ0) is 21.6. The smallest absolute Gasteiger partial charge is 0.290 e. The van der Waals surface area contributed by atoms with Gasteiger partial charge in [0.15, 0.2) is 0 Å². The number of rotatable bonds is 6. The second-order valence-electron chi connectivity index (χ2n) is 7.35. The summed E-state index contributed by atoms with van der Waals surface area (Å²) >= 11 is 0. The fourth-order valence-electron chi connectivity index (χ4n) is 3.98. The summed E-state index contributed by atoms with van der Waals surface area (Å²) < 4.78 is 5.62. The highest BCUT2D eigenvalue weighted by molar-refractivity contribution is 5.33. The zero-order valence-electron chi connectivity index (χ0n) is 17.2. The number of aromatic nitrogens is 1. The molecule has 0 bridgehead atoms. The Morgan fingerprint density at radius 2 is 1.80 bits per heavy atom. The number of carbonyl (C=O) groups is 2. The van der Waals surface area contributed by atoms with Crippen LogP contribution in [-0.4, -0.2) is 58.9 Å². The maximum Gasteiger partial charge on any atom is 0.290 e. The second kappa shape index (κ2) is 13.5. The lowest BCUT2D eigenvalue weighted by Crippen LogP contribution is -2.36. The molecule has 8 nitrogen and oxygen atoms in total. The summed E-state index contributed by atoms with van der Waals surface area (Å²) in [4.78, 5) is 19.2. The summed E-state index contributed by atoms with van der Waals surface area (Å²) in [5, 5.41) is 21.9. The van der Waals surface area contributed by atoms with Gasteiger partial charge in [0.05, 0.1) is 0 Å². The van der Waals surface area contributed by atoms with Crippen molar-refractivity contribution in [2.75, 3.05) is 19.6 Å². The molecule has 1 aliphatic heterocycles. The third kappa shape index (κ3) is 7.61. The first-order chi connectivity index (χ1) is 14.7. The number of aryl methyl sites for hydroxylation is 1. The molecule has 2 aliphatic rings. The minimum absolute atomic E-state index is 0.250. The summed E-state index contributed by atoms with van der Waals surface area (Å²) in [7, 11) is 0. The molecule has 1 fully saturated rings. The highest BCUT2D eigenvalue weighted by Crippen LogP contribution is 2.26. The summed E-state index contributed by atoms with van der Waals surface area (Å²) in [6, 6.07) is 11.3. The average Bonchev–Trinajstić information content (AvgIpc) is 3.41. The molecule has 0 radical (unpaired) electrons. The van der Waals surface area contributed by atoms with Crippen LogP contribution in [0.25, 0.3) is 0 Å². The normalized spacial score (nSPS) is 17.7. The Bertz CT molecular complexity index is 738. The molecule has 30 heavy (non-hydrogen) atoms. The van der Waals surface area contributed by atoms with Crippen LogP contribution in [0.1, 0.15) is 41.8 Å². The van der Waals surface area contributed by atoms with Gasteiger partial charge in [-0.3, -0.25) is 14.5 Å². The fraction of sp³-hybridized carbons (Fsp3) is 0.500. The standard InChI is InChI=1S/C20H27N3O.2CH2O2/c1-2-6-16(7-3-1)10-11-21-17-8-9-20-18(14-17)19(22-24-20)15-23-12-4-5-13-23;2*2-1-3/h1-3,6-7,17,21H,4-5,8-15H2;2*1H,(H,2,3). The molecule has 0 spiro atoms. The van der Waals surface area contributed by atoms with Gasteiger partial charge in [0.25, 0.3) is 12.9 Å². The average molecular weight is 418 g/mol. The van der Waals surface area contributed by atoms with Crippen molar-refractivity contribution in [2.24, 2.45) is 0 Å². The van der Waals surface area contributed by atoms with Crippen molar-refractivity contribution in [1.29, 1.82) is 0 Å². The van der Waals surface area contributed by atoms with Crippen molar-refractivity contribution in [1.82, 2.24) is 15.4 Å². The first kappa shape index (κ1) is 23.6. The van der Waals surface area contributed by atoms with Gasteiger partial charge in [0.2, 0.25) is 0 Å². The van der Waals surface area contributed by atoms with Crippen LogP contribution in [0.3, 0.4) is 0 Å². The van der Waals surface area contributed by atoms with E-state index in [-0.39, 0.29) is 12.9 Å². The molecule has 1 saturated heterocycles. The van der Waals surface area contributed by atoms with Gasteiger partial charge in [-0.15, -0.1) is 0 Å². The number of hydrogen-bond acceptors (Lipinski definition) is 6. The molecule has 164 valence electrons. The summed E-state index contributed by atoms with van der Waals surface area (Å²) in [5.74, 6) is 1.13. The van der Waals surface area contributed by atoms with E-state index in [2.05, 4.69) is 45.7 Å². The first-order valence-corrected chi connectivity index (χ1v) is 10.3. The van der Waals surface area contributed by atoms with Crippen LogP contribution in [-0.2, 0) is 35.4 Å². The van der Waals surface area contributed by atoms with E-state index >= 15 is 0 Å². The number of hydrogen-bond donors (Lipinski definition) is 3. The molecule has 2 heterocycles. The lowest BCUT2D eigenvalue weighted by molar-refractivity contribution is -0.123. The van der Waals surface area contributed by atoms with Gasteiger partial charge in [0.1, 0.15) is 11.5 Å². The molecule has 1 atom stereocenters. The topological polar surface area (TPSA) is 116 Å². The van der Waals surface area contributed by atoms with Gasteiger partial charge >= 0.3 is 0 Å². The quantitative estimate of drug-likeness (QED) is 0.614. The van der Waals surface area contributed by atoms with E-state index in [0.29, 0.717) is 6.04 Å². The van der Waals surface area contributed by atoms with Gasteiger partial charge in [-0.2, -0.15) is 0 Å². The SMILES string of the molecule is O=CO.O=CO.c1ccc(CCNC2CCc3onc(CN4CCCC4)c3C2)cc1. The molecule has 8 heteroatoms. The van der Waals surface area contributed by atoms with Crippen LogP contribution in [0.15, 0.2) is 34.9 Å². The van der Waals surface area contributed by atoms with Crippen LogP contribution in [0.2, 0.25) is 0 Å². The first-order valence-electron chi connectivity index (χ1n) is 10.3. The molecule has 2 aromatic rings. The van der Waals surface area contributed by atoms with Crippen molar-refractivity contribution < 1.29 is 24.3 Å². The summed E-state index contributed by atoms with van der Waals surface area (Å²) in [6.45, 7) is 3.92. The van der Waals surface area contributed by atoms with E-state index in [1.165, 1.54) is 42.8 Å². The van der Waals surface area contributed by atoms with E-state index < -0.39 is 0 Å². The molecule has 1 aromatic carbocycles. The third-order valence-electron chi connectivity index (χ3n) is 5.38. The van der Waals surface area contributed by atoms with Crippen molar-refractivity contribution in [3.63, 3.8) is 0 Å². The second-order valence-corrected chi connectivity index (χ2v) is 7.35. The Balaban J connectivity index is 0.000000480.